The van der Waals surface area contributed by atoms with E-state index in [1.165, 1.54) is 11.0 Å². The summed E-state index contributed by atoms with van der Waals surface area (Å²) >= 11 is 0. The van der Waals surface area contributed by atoms with Crippen molar-refractivity contribution in [2.45, 2.75) is 19.6 Å². The number of rotatable bonds is 7. The number of hydrogen-bond donors (Lipinski definition) is 3. The molecule has 16 heavy (non-hydrogen) atoms. The normalized spacial score (nSPS) is 12.4. The minimum absolute atomic E-state index is 0.114. The number of nitrogens with zero attached hydrogens (tertiary/aromatic N) is 4. The lowest BCUT2D eigenvalue weighted by molar-refractivity contribution is -0.121. The van der Waals surface area contributed by atoms with Crippen molar-refractivity contribution in [3.8, 4) is 0 Å². The molecule has 0 aliphatic rings. The maximum Gasteiger partial charge on any atom is 0.241 e. The van der Waals surface area contributed by atoms with Gasteiger partial charge in [0.25, 0.3) is 0 Å². The first kappa shape index (κ1) is 12.5. The lowest BCUT2D eigenvalue weighted by Gasteiger charge is -2.07. The fourth-order valence-electron chi connectivity index (χ4n) is 1.06. The Hall–Kier alpha value is -1.54. The Balaban J connectivity index is 2.03. The molecule has 0 aliphatic heterocycles. The highest BCUT2D eigenvalue weighted by molar-refractivity contribution is 5.75. The van der Waals surface area contributed by atoms with E-state index in [1.54, 1.807) is 6.92 Å². The van der Waals surface area contributed by atoms with Crippen molar-refractivity contribution in [3.63, 3.8) is 0 Å². The quantitative estimate of drug-likeness (QED) is 0.456. The van der Waals surface area contributed by atoms with E-state index in [0.717, 1.165) is 0 Å². The molecule has 0 bridgehead atoms. The van der Waals surface area contributed by atoms with Crippen molar-refractivity contribution < 1.29 is 9.90 Å². The number of carbonyl (C=O) groups excluding carboxylic acids is 1. The lowest BCUT2D eigenvalue weighted by Crippen LogP contribution is -2.36. The zero-order valence-corrected chi connectivity index (χ0v) is 9.13. The second-order valence-electron chi connectivity index (χ2n) is 3.41. The van der Waals surface area contributed by atoms with Crippen LogP contribution < -0.4 is 10.6 Å². The van der Waals surface area contributed by atoms with E-state index in [1.807, 2.05) is 0 Å². The van der Waals surface area contributed by atoms with Crippen LogP contribution in [0.3, 0.4) is 0 Å². The Morgan fingerprint density at radius 1 is 1.56 bits per heavy atom. The molecule has 0 fully saturated rings. The van der Waals surface area contributed by atoms with Gasteiger partial charge in [0.2, 0.25) is 5.91 Å². The lowest BCUT2D eigenvalue weighted by atomic mass is 10.4. The summed E-state index contributed by atoms with van der Waals surface area (Å²) < 4.78 is 1.35. The highest BCUT2D eigenvalue weighted by Gasteiger charge is 2.02. The standard InChI is InChI=1S/C8H16N6O2/c1-7(15)4-9-2-3-10-8(16)5-14-6-11-12-13-14/h6-7,9,15H,2-5H2,1H3,(H,10,16). The summed E-state index contributed by atoms with van der Waals surface area (Å²) in [6.45, 7) is 3.45. The highest BCUT2D eigenvalue weighted by atomic mass is 16.3. The third-order valence-electron chi connectivity index (χ3n) is 1.76. The molecule has 0 radical (unpaired) electrons. The van der Waals surface area contributed by atoms with Gasteiger partial charge in [-0.1, -0.05) is 0 Å². The Labute approximate surface area is 93.0 Å². The summed E-state index contributed by atoms with van der Waals surface area (Å²) in [5, 5.41) is 25.0. The number of tetrazole rings is 1. The van der Waals surface area contributed by atoms with Gasteiger partial charge in [-0.2, -0.15) is 0 Å². The van der Waals surface area contributed by atoms with E-state index in [4.69, 9.17) is 5.11 Å². The molecular weight excluding hydrogens is 212 g/mol. The molecule has 1 heterocycles. The van der Waals surface area contributed by atoms with Gasteiger partial charge in [-0.3, -0.25) is 4.79 Å². The number of hydrogen-bond acceptors (Lipinski definition) is 6. The number of nitrogens with one attached hydrogen (secondary N) is 2. The Bertz CT molecular complexity index is 299. The van der Waals surface area contributed by atoms with Gasteiger partial charge < -0.3 is 15.7 Å². The highest BCUT2D eigenvalue weighted by Crippen LogP contribution is 1.78. The summed E-state index contributed by atoms with van der Waals surface area (Å²) in [5.74, 6) is -0.147. The molecule has 8 heteroatoms. The number of aromatic nitrogens is 4. The van der Waals surface area contributed by atoms with Gasteiger partial charge in [-0.15, -0.1) is 5.10 Å². The maximum atomic E-state index is 11.3. The van der Waals surface area contributed by atoms with E-state index in [9.17, 15) is 4.79 Å². The van der Waals surface area contributed by atoms with Crippen LogP contribution in [-0.4, -0.2) is 57.0 Å². The van der Waals surface area contributed by atoms with Crippen molar-refractivity contribution in [2.24, 2.45) is 0 Å². The smallest absolute Gasteiger partial charge is 0.241 e. The molecule has 0 saturated carbocycles. The molecule has 8 nitrogen and oxygen atoms in total. The van der Waals surface area contributed by atoms with E-state index < -0.39 is 0 Å². The minimum Gasteiger partial charge on any atom is -0.392 e. The summed E-state index contributed by atoms with van der Waals surface area (Å²) in [5.41, 5.74) is 0. The first-order valence-corrected chi connectivity index (χ1v) is 5.04. The van der Waals surface area contributed by atoms with E-state index >= 15 is 0 Å². The van der Waals surface area contributed by atoms with Crippen LogP contribution in [0.4, 0.5) is 0 Å². The monoisotopic (exact) mass is 228 g/mol. The topological polar surface area (TPSA) is 105 Å². The van der Waals surface area contributed by atoms with Crippen LogP contribution in [0.15, 0.2) is 6.33 Å². The molecule has 1 rings (SSSR count). The first-order chi connectivity index (χ1) is 7.68. The SMILES string of the molecule is CC(O)CNCCNC(=O)Cn1cnnn1. The van der Waals surface area contributed by atoms with Gasteiger partial charge in [0.05, 0.1) is 6.10 Å². The van der Waals surface area contributed by atoms with Gasteiger partial charge >= 0.3 is 0 Å². The molecular formula is C8H16N6O2. The Morgan fingerprint density at radius 3 is 3.00 bits per heavy atom. The molecule has 90 valence electrons. The fraction of sp³-hybridized carbons (Fsp3) is 0.750. The van der Waals surface area contributed by atoms with E-state index in [2.05, 4.69) is 26.2 Å². The van der Waals surface area contributed by atoms with Crippen LogP contribution in [0.5, 0.6) is 0 Å². The molecule has 0 spiro atoms. The third kappa shape index (κ3) is 5.37. The summed E-state index contributed by atoms with van der Waals surface area (Å²) in [6, 6.07) is 0. The molecule has 0 saturated heterocycles. The van der Waals surface area contributed by atoms with Gasteiger partial charge in [0, 0.05) is 19.6 Å². The molecule has 1 amide bonds. The van der Waals surface area contributed by atoms with Gasteiger partial charge in [0.1, 0.15) is 12.9 Å². The van der Waals surface area contributed by atoms with Gasteiger partial charge in [0.15, 0.2) is 0 Å². The number of amides is 1. The largest absolute Gasteiger partial charge is 0.392 e. The third-order valence-corrected chi connectivity index (χ3v) is 1.76. The van der Waals surface area contributed by atoms with Crippen molar-refractivity contribution >= 4 is 5.91 Å². The maximum absolute atomic E-state index is 11.3. The van der Waals surface area contributed by atoms with Crippen LogP contribution in [0.25, 0.3) is 0 Å². The number of aliphatic hydroxyl groups is 1. The predicted molar refractivity (Wildman–Crippen MR) is 55.4 cm³/mol. The molecule has 1 aromatic heterocycles. The molecule has 1 unspecified atom stereocenters. The van der Waals surface area contributed by atoms with Crippen LogP contribution in [0, 0.1) is 0 Å². The van der Waals surface area contributed by atoms with Gasteiger partial charge in [-0.05, 0) is 17.4 Å². The summed E-state index contributed by atoms with van der Waals surface area (Å²) in [7, 11) is 0. The average Bonchev–Trinajstić information content (AvgIpc) is 2.69. The molecule has 3 N–H and O–H groups in total. The van der Waals surface area contributed by atoms with Crippen LogP contribution in [0.1, 0.15) is 6.92 Å². The average molecular weight is 228 g/mol. The van der Waals surface area contributed by atoms with Crippen LogP contribution in [0.2, 0.25) is 0 Å². The molecule has 0 aromatic carbocycles. The van der Waals surface area contributed by atoms with Crippen LogP contribution >= 0.6 is 0 Å². The van der Waals surface area contributed by atoms with E-state index in [0.29, 0.717) is 19.6 Å². The predicted octanol–water partition coefficient (Wildman–Crippen LogP) is -2.24. The minimum atomic E-state index is -0.378. The summed E-state index contributed by atoms with van der Waals surface area (Å²) in [4.78, 5) is 11.3. The molecule has 0 aliphatic carbocycles. The second-order valence-corrected chi connectivity index (χ2v) is 3.41. The Morgan fingerprint density at radius 2 is 2.38 bits per heavy atom. The first-order valence-electron chi connectivity index (χ1n) is 5.04. The zero-order valence-electron chi connectivity index (χ0n) is 9.13. The Kier molecular flexibility index (Phi) is 5.37. The number of carbonyl (C=O) groups is 1. The summed E-state index contributed by atoms with van der Waals surface area (Å²) in [6.07, 6.45) is 1.00. The van der Waals surface area contributed by atoms with Crippen molar-refractivity contribution in [3.05, 3.63) is 6.33 Å². The molecule has 1 atom stereocenters. The zero-order chi connectivity index (χ0) is 11.8. The van der Waals surface area contributed by atoms with Crippen molar-refractivity contribution in [2.75, 3.05) is 19.6 Å². The second kappa shape index (κ2) is 6.85. The van der Waals surface area contributed by atoms with Gasteiger partial charge in [-0.25, -0.2) is 4.68 Å². The van der Waals surface area contributed by atoms with Crippen LogP contribution in [-0.2, 0) is 11.3 Å². The fourth-order valence-corrected chi connectivity index (χ4v) is 1.06. The molecule has 1 aromatic rings. The number of aliphatic hydroxyl groups excluding tert-OH is 1. The van der Waals surface area contributed by atoms with E-state index in [-0.39, 0.29) is 18.6 Å². The van der Waals surface area contributed by atoms with Crippen molar-refractivity contribution in [1.29, 1.82) is 0 Å². The van der Waals surface area contributed by atoms with Crippen molar-refractivity contribution in [1.82, 2.24) is 30.8 Å².